The second kappa shape index (κ2) is 4.66. The van der Waals surface area contributed by atoms with E-state index < -0.39 is 11.5 Å². The van der Waals surface area contributed by atoms with Crippen molar-refractivity contribution in [2.24, 2.45) is 0 Å². The first-order valence-electron chi connectivity index (χ1n) is 0.756. The average Bonchev–Trinajstić information content (AvgIpc) is 0.722. The van der Waals surface area contributed by atoms with Crippen molar-refractivity contribution in [1.29, 1.82) is 0 Å². The fraction of sp³-hybridized carbons (Fsp3) is 0. The van der Waals surface area contributed by atoms with Gasteiger partial charge >= 0.3 is 59.5 Å². The standard InChI is InChI=1S/4BrH.H3N.Pb/h4*1H;1H3;/q;;;;;+4/p-4. The zero-order chi connectivity index (χ0) is 4.50. The van der Waals surface area contributed by atoms with Crippen molar-refractivity contribution >= 4 is 59.5 Å². The van der Waals surface area contributed by atoms with Crippen LogP contribution in [0.2, 0.25) is 0 Å². The molecule has 0 aliphatic rings. The molecular formula is H3Br4NPb. The molecule has 6 heteroatoms. The Kier molecular flexibility index (Phi) is 8.99. The van der Waals surface area contributed by atoms with E-state index in [1.807, 2.05) is 0 Å². The molecule has 0 radical (unpaired) electrons. The molecule has 0 spiro atoms. The molecule has 0 aliphatic carbocycles. The summed E-state index contributed by atoms with van der Waals surface area (Å²) in [6.45, 7) is 0. The Morgan fingerprint density at radius 1 is 0.833 bits per heavy atom. The Morgan fingerprint density at radius 2 is 0.833 bits per heavy atom. The summed E-state index contributed by atoms with van der Waals surface area (Å²) in [5.74, 6) is 0. The average molecular weight is 544 g/mol. The van der Waals surface area contributed by atoms with Crippen molar-refractivity contribution in [2.75, 3.05) is 0 Å². The van der Waals surface area contributed by atoms with E-state index in [1.54, 1.807) is 0 Å². The summed E-state index contributed by atoms with van der Waals surface area (Å²) in [5, 5.41) is 0. The number of rotatable bonds is 0. The van der Waals surface area contributed by atoms with Gasteiger partial charge in [-0.1, -0.05) is 0 Å². The molecule has 0 fully saturated rings. The van der Waals surface area contributed by atoms with E-state index in [0.717, 1.165) is 0 Å². The minimum atomic E-state index is -2.03. The van der Waals surface area contributed by atoms with E-state index in [4.69, 9.17) is 0 Å². The van der Waals surface area contributed by atoms with Crippen LogP contribution in [0.25, 0.3) is 0 Å². The number of halogens is 4. The van der Waals surface area contributed by atoms with Crippen molar-refractivity contribution in [2.45, 2.75) is 0 Å². The van der Waals surface area contributed by atoms with Gasteiger partial charge in [0.15, 0.2) is 0 Å². The molecule has 0 saturated carbocycles. The first-order chi connectivity index (χ1) is 2.00. The quantitative estimate of drug-likeness (QED) is 0.468. The zero-order valence-electron chi connectivity index (χ0n) is 2.72. The van der Waals surface area contributed by atoms with E-state index in [1.165, 1.54) is 0 Å². The summed E-state index contributed by atoms with van der Waals surface area (Å²) in [5.41, 5.74) is 0. The van der Waals surface area contributed by atoms with E-state index in [9.17, 15) is 0 Å². The van der Waals surface area contributed by atoms with Gasteiger partial charge in [-0.25, -0.2) is 0 Å². The fourth-order valence-corrected chi connectivity index (χ4v) is 0. The molecule has 0 saturated heterocycles. The molecule has 1 nitrogen and oxygen atoms in total. The number of hydrogen-bond acceptors (Lipinski definition) is 1. The van der Waals surface area contributed by atoms with Gasteiger partial charge in [0.25, 0.3) is 0 Å². The fourth-order valence-electron chi connectivity index (χ4n) is 0. The van der Waals surface area contributed by atoms with Crippen LogP contribution in [0.5, 0.6) is 0 Å². The topological polar surface area (TPSA) is 35.0 Å². The third-order valence-corrected chi connectivity index (χ3v) is 0. The predicted molar refractivity (Wildman–Crippen MR) is 46.5 cm³/mol. The molecule has 0 amide bonds. The van der Waals surface area contributed by atoms with Crippen molar-refractivity contribution in [3.05, 3.63) is 0 Å². The molecule has 0 aromatic rings. The molecular weight excluding hydrogens is 541 g/mol. The molecule has 0 aromatic heterocycles. The van der Waals surface area contributed by atoms with Crippen molar-refractivity contribution in [3.63, 3.8) is 0 Å². The van der Waals surface area contributed by atoms with Gasteiger partial charge in [-0.2, -0.15) is 0 Å². The third kappa shape index (κ3) is 29.2. The Balaban J connectivity index is 0. The first-order valence-corrected chi connectivity index (χ1v) is 34.5. The van der Waals surface area contributed by atoms with E-state index in [-0.39, 0.29) is 6.15 Å². The molecule has 0 unspecified atom stereocenters. The normalized spacial score (nSPS) is 10.0. The second-order valence-electron chi connectivity index (χ2n) is 0.429. The number of hydrogen-bond donors (Lipinski definition) is 1. The van der Waals surface area contributed by atoms with Crippen molar-refractivity contribution in [3.8, 4) is 0 Å². The molecule has 0 atom stereocenters. The van der Waals surface area contributed by atoms with Crippen LogP contribution in [0.4, 0.5) is 0 Å². The van der Waals surface area contributed by atoms with Gasteiger partial charge in [0.05, 0.1) is 0 Å². The zero-order valence-corrected chi connectivity index (χ0v) is 13.0. The Morgan fingerprint density at radius 3 is 0.833 bits per heavy atom. The maximum absolute atomic E-state index is 3.35. The molecule has 0 aromatic carbocycles. The van der Waals surface area contributed by atoms with Gasteiger partial charge in [0.1, 0.15) is 0 Å². The summed E-state index contributed by atoms with van der Waals surface area (Å²) >= 11 is 11.4. The Bertz CT molecular complexity index is 23.0. The molecule has 3 N–H and O–H groups in total. The summed E-state index contributed by atoms with van der Waals surface area (Å²) in [7, 11) is 0. The summed E-state index contributed by atoms with van der Waals surface area (Å²) < 4.78 is 0. The molecule has 0 rings (SSSR count). The molecule has 0 aliphatic heterocycles. The van der Waals surface area contributed by atoms with Crippen LogP contribution in [0.1, 0.15) is 0 Å². The van der Waals surface area contributed by atoms with Crippen molar-refractivity contribution in [1.82, 2.24) is 6.15 Å². The first kappa shape index (κ1) is 11.6. The van der Waals surface area contributed by atoms with Crippen LogP contribution in [-0.4, -0.2) is 11.5 Å². The van der Waals surface area contributed by atoms with Crippen LogP contribution < -0.4 is 6.15 Å². The van der Waals surface area contributed by atoms with Crippen molar-refractivity contribution < 1.29 is 0 Å². The van der Waals surface area contributed by atoms with E-state index in [2.05, 4.69) is 47.9 Å². The summed E-state index contributed by atoms with van der Waals surface area (Å²) in [6, 6.07) is 0. The molecule has 0 heterocycles. The molecule has 40 valence electrons. The molecule has 0 bridgehead atoms. The van der Waals surface area contributed by atoms with Gasteiger partial charge in [-0.15, -0.1) is 0 Å². The van der Waals surface area contributed by atoms with E-state index >= 15 is 0 Å². The van der Waals surface area contributed by atoms with Crippen LogP contribution in [0.15, 0.2) is 0 Å². The van der Waals surface area contributed by atoms with Crippen LogP contribution in [0, 0.1) is 0 Å². The second-order valence-corrected chi connectivity index (χ2v) is 102. The van der Waals surface area contributed by atoms with Crippen LogP contribution >= 0.6 is 47.9 Å². The SMILES string of the molecule is N.[Br][Pb]([Br])([Br])[Br]. The van der Waals surface area contributed by atoms with Crippen LogP contribution in [0.3, 0.4) is 0 Å². The van der Waals surface area contributed by atoms with Gasteiger partial charge in [0, 0.05) is 0 Å². The van der Waals surface area contributed by atoms with Gasteiger partial charge in [0.2, 0.25) is 0 Å². The summed E-state index contributed by atoms with van der Waals surface area (Å²) in [4.78, 5) is 0. The van der Waals surface area contributed by atoms with Gasteiger partial charge < -0.3 is 6.15 Å². The molecule has 6 heavy (non-hydrogen) atoms. The van der Waals surface area contributed by atoms with Crippen LogP contribution in [-0.2, 0) is 0 Å². The Hall–Kier alpha value is 2.80. The van der Waals surface area contributed by atoms with E-state index in [0.29, 0.717) is 0 Å². The predicted octanol–water partition coefficient (Wildman–Crippen LogP) is 3.16. The Labute approximate surface area is 64.1 Å². The summed E-state index contributed by atoms with van der Waals surface area (Å²) in [6.07, 6.45) is 0. The minimum absolute atomic E-state index is 0. The maximum atomic E-state index is 3.35. The monoisotopic (exact) mass is 541 g/mol. The van der Waals surface area contributed by atoms with Gasteiger partial charge in [-0.3, -0.25) is 0 Å². The van der Waals surface area contributed by atoms with Gasteiger partial charge in [-0.05, 0) is 0 Å². The third-order valence-electron chi connectivity index (χ3n) is 0.